The van der Waals surface area contributed by atoms with Crippen molar-refractivity contribution >= 4 is 5.91 Å². The number of carbonyl (C=O) groups excluding carboxylic acids is 1. The van der Waals surface area contributed by atoms with Gasteiger partial charge in [-0.05, 0) is 42.9 Å². The molecular weight excluding hydrogens is 320 g/mol. The van der Waals surface area contributed by atoms with Crippen LogP contribution in [0.15, 0.2) is 34.9 Å². The summed E-state index contributed by atoms with van der Waals surface area (Å²) >= 11 is 0. The Kier molecular flexibility index (Phi) is 4.21. The van der Waals surface area contributed by atoms with Crippen molar-refractivity contribution in [2.24, 2.45) is 5.92 Å². The van der Waals surface area contributed by atoms with E-state index in [0.29, 0.717) is 30.5 Å². The molecule has 4 rings (SSSR count). The average molecular weight is 342 g/mol. The number of rotatable bonds is 5. The highest BCUT2D eigenvalue weighted by atomic mass is 16.5. The van der Waals surface area contributed by atoms with Gasteiger partial charge < -0.3 is 19.2 Å². The fourth-order valence-corrected chi connectivity index (χ4v) is 3.42. The Morgan fingerprint density at radius 1 is 1.44 bits per heavy atom. The van der Waals surface area contributed by atoms with Gasteiger partial charge in [-0.2, -0.15) is 0 Å². The zero-order chi connectivity index (χ0) is 17.4. The molecule has 2 aromatic rings. The molecule has 25 heavy (non-hydrogen) atoms. The van der Waals surface area contributed by atoms with Crippen LogP contribution in [-0.4, -0.2) is 40.7 Å². The highest BCUT2D eigenvalue weighted by Crippen LogP contribution is 2.35. The Morgan fingerprint density at radius 3 is 3.04 bits per heavy atom. The first-order valence-electron chi connectivity index (χ1n) is 8.71. The molecule has 1 aliphatic carbocycles. The molecule has 2 aliphatic rings. The second-order valence-corrected chi connectivity index (χ2v) is 6.91. The molecule has 6 heteroatoms. The molecule has 1 saturated heterocycles. The summed E-state index contributed by atoms with van der Waals surface area (Å²) in [6.07, 6.45) is 4.62. The van der Waals surface area contributed by atoms with Crippen molar-refractivity contribution in [3.8, 4) is 5.75 Å². The maximum absolute atomic E-state index is 12.9. The number of nitrogens with zero attached hydrogens (tertiary/aromatic N) is 2. The van der Waals surface area contributed by atoms with Crippen LogP contribution in [0.1, 0.15) is 47.2 Å². The van der Waals surface area contributed by atoms with E-state index in [1.165, 1.54) is 19.1 Å². The summed E-state index contributed by atoms with van der Waals surface area (Å²) in [6.45, 7) is 0.297. The smallest absolute Gasteiger partial charge is 0.276 e. The van der Waals surface area contributed by atoms with Crippen LogP contribution in [0.25, 0.3) is 0 Å². The molecule has 0 unspecified atom stereocenters. The van der Waals surface area contributed by atoms with Gasteiger partial charge in [-0.15, -0.1) is 0 Å². The molecule has 2 heterocycles. The topological polar surface area (TPSA) is 75.8 Å². The van der Waals surface area contributed by atoms with Crippen molar-refractivity contribution < 1.29 is 19.1 Å². The molecule has 1 N–H and O–H groups in total. The number of methoxy groups -OCH3 is 1. The Bertz CT molecular complexity index is 768. The van der Waals surface area contributed by atoms with Gasteiger partial charge >= 0.3 is 0 Å². The Labute approximate surface area is 146 Å². The lowest BCUT2D eigenvalue weighted by Crippen LogP contribution is -2.32. The van der Waals surface area contributed by atoms with E-state index in [1.807, 2.05) is 24.3 Å². The molecule has 6 nitrogen and oxygen atoms in total. The van der Waals surface area contributed by atoms with Gasteiger partial charge in [0.1, 0.15) is 12.0 Å². The minimum atomic E-state index is -0.544. The molecular formula is C19H22N2O4. The number of aliphatic hydroxyl groups excluding tert-OH is 1. The molecule has 1 aromatic heterocycles. The third-order valence-corrected chi connectivity index (χ3v) is 4.95. The van der Waals surface area contributed by atoms with Gasteiger partial charge in [0, 0.05) is 13.0 Å². The average Bonchev–Trinajstić information content (AvgIpc) is 3.16. The summed E-state index contributed by atoms with van der Waals surface area (Å²) < 4.78 is 10.7. The lowest BCUT2D eigenvalue weighted by molar-refractivity contribution is 0.0709. The molecule has 2 atom stereocenters. The molecule has 0 radical (unpaired) electrons. The van der Waals surface area contributed by atoms with Crippen molar-refractivity contribution in [1.82, 2.24) is 9.88 Å². The predicted molar refractivity (Wildman–Crippen MR) is 90.3 cm³/mol. The van der Waals surface area contributed by atoms with Gasteiger partial charge in [-0.3, -0.25) is 4.79 Å². The molecule has 1 amide bonds. The first-order valence-corrected chi connectivity index (χ1v) is 8.71. The summed E-state index contributed by atoms with van der Waals surface area (Å²) in [6, 6.07) is 7.42. The van der Waals surface area contributed by atoms with Crippen molar-refractivity contribution in [2.45, 2.75) is 37.8 Å². The maximum atomic E-state index is 12.9. The number of oxazole rings is 1. The summed E-state index contributed by atoms with van der Waals surface area (Å²) in [7, 11) is 1.61. The number of hydrogen-bond acceptors (Lipinski definition) is 5. The maximum Gasteiger partial charge on any atom is 0.276 e. The van der Waals surface area contributed by atoms with E-state index < -0.39 is 6.10 Å². The van der Waals surface area contributed by atoms with E-state index >= 15 is 0 Å². The number of aliphatic hydroxyl groups is 1. The standard InChI is InChI=1S/C19H22N2O4/c1-24-15-4-2-3-13(8-15)17-9-14(22)10-21(17)19(23)16-11-25-18(20-16)7-12-5-6-12/h2-4,8,11-12,14,17,22H,5-7,9-10H2,1H3/t14-,17+/m1/s1. The predicted octanol–water partition coefficient (Wildman–Crippen LogP) is 2.58. The van der Waals surface area contributed by atoms with Gasteiger partial charge in [0.2, 0.25) is 0 Å². The lowest BCUT2D eigenvalue weighted by atomic mass is 10.0. The number of amides is 1. The van der Waals surface area contributed by atoms with Gasteiger partial charge in [0.15, 0.2) is 11.6 Å². The van der Waals surface area contributed by atoms with Gasteiger partial charge in [0.25, 0.3) is 5.91 Å². The van der Waals surface area contributed by atoms with Crippen LogP contribution in [0.5, 0.6) is 5.75 Å². The minimum absolute atomic E-state index is 0.193. The van der Waals surface area contributed by atoms with Crippen LogP contribution in [0.4, 0.5) is 0 Å². The quantitative estimate of drug-likeness (QED) is 0.904. The minimum Gasteiger partial charge on any atom is -0.497 e. The Hall–Kier alpha value is -2.34. The van der Waals surface area contributed by atoms with E-state index in [1.54, 1.807) is 12.0 Å². The third-order valence-electron chi connectivity index (χ3n) is 4.95. The normalized spacial score (nSPS) is 23.0. The number of benzene rings is 1. The second-order valence-electron chi connectivity index (χ2n) is 6.91. The van der Waals surface area contributed by atoms with Crippen molar-refractivity contribution in [3.63, 3.8) is 0 Å². The van der Waals surface area contributed by atoms with Crippen molar-refractivity contribution in [3.05, 3.63) is 47.7 Å². The zero-order valence-electron chi connectivity index (χ0n) is 14.2. The molecule has 2 fully saturated rings. The molecule has 0 bridgehead atoms. The van der Waals surface area contributed by atoms with Crippen LogP contribution in [-0.2, 0) is 6.42 Å². The summed E-state index contributed by atoms with van der Waals surface area (Å²) in [4.78, 5) is 18.9. The lowest BCUT2D eigenvalue weighted by Gasteiger charge is -2.24. The van der Waals surface area contributed by atoms with Crippen molar-refractivity contribution in [1.29, 1.82) is 0 Å². The molecule has 0 spiro atoms. The largest absolute Gasteiger partial charge is 0.497 e. The SMILES string of the molecule is COc1cccc([C@@H]2C[C@@H](O)CN2C(=O)c2coc(CC3CC3)n2)c1. The van der Waals surface area contributed by atoms with Gasteiger partial charge in [-0.1, -0.05) is 12.1 Å². The van der Waals surface area contributed by atoms with E-state index in [-0.39, 0.29) is 11.9 Å². The summed E-state index contributed by atoms with van der Waals surface area (Å²) in [5, 5.41) is 10.1. The van der Waals surface area contributed by atoms with Crippen LogP contribution >= 0.6 is 0 Å². The highest BCUT2D eigenvalue weighted by Gasteiger charge is 2.37. The van der Waals surface area contributed by atoms with E-state index in [2.05, 4.69) is 4.98 Å². The van der Waals surface area contributed by atoms with E-state index in [4.69, 9.17) is 9.15 Å². The van der Waals surface area contributed by atoms with Crippen LogP contribution in [0.3, 0.4) is 0 Å². The van der Waals surface area contributed by atoms with Crippen molar-refractivity contribution in [2.75, 3.05) is 13.7 Å². The zero-order valence-corrected chi connectivity index (χ0v) is 14.2. The second kappa shape index (κ2) is 6.52. The van der Waals surface area contributed by atoms with Gasteiger partial charge in [-0.25, -0.2) is 4.98 Å². The number of β-amino-alcohol motifs (C(OH)–C–C–N with tert-alkyl or cyclic N) is 1. The highest BCUT2D eigenvalue weighted by molar-refractivity contribution is 5.92. The van der Waals surface area contributed by atoms with Crippen LogP contribution in [0, 0.1) is 5.92 Å². The number of aromatic nitrogens is 1. The number of carbonyl (C=O) groups is 1. The van der Waals surface area contributed by atoms with E-state index in [9.17, 15) is 9.90 Å². The third kappa shape index (κ3) is 3.39. The molecule has 1 saturated carbocycles. The first kappa shape index (κ1) is 16.1. The molecule has 1 aromatic carbocycles. The monoisotopic (exact) mass is 342 g/mol. The summed E-state index contributed by atoms with van der Waals surface area (Å²) in [5.41, 5.74) is 1.27. The summed E-state index contributed by atoms with van der Waals surface area (Å²) in [5.74, 6) is 1.82. The Morgan fingerprint density at radius 2 is 2.28 bits per heavy atom. The fourth-order valence-electron chi connectivity index (χ4n) is 3.42. The first-order chi connectivity index (χ1) is 12.1. The molecule has 132 valence electrons. The van der Waals surface area contributed by atoms with Crippen LogP contribution < -0.4 is 4.74 Å². The number of ether oxygens (including phenoxy) is 1. The van der Waals surface area contributed by atoms with E-state index in [0.717, 1.165) is 17.7 Å². The molecule has 1 aliphatic heterocycles. The fraction of sp³-hybridized carbons (Fsp3) is 0.474. The van der Waals surface area contributed by atoms with Crippen LogP contribution in [0.2, 0.25) is 0 Å². The number of likely N-dealkylation sites (tertiary alicyclic amines) is 1. The Balaban J connectivity index is 1.55. The number of hydrogen-bond donors (Lipinski definition) is 1. The van der Waals surface area contributed by atoms with Gasteiger partial charge in [0.05, 0.1) is 19.3 Å².